The Bertz CT molecular complexity index is 380. The predicted molar refractivity (Wildman–Crippen MR) is 58.6 cm³/mol. The number of halogens is 1. The summed E-state index contributed by atoms with van der Waals surface area (Å²) in [5, 5.41) is 13.0. The third-order valence-corrected chi connectivity index (χ3v) is 3.10. The highest BCUT2D eigenvalue weighted by molar-refractivity contribution is 7.17. The maximum absolute atomic E-state index is 11.5. The van der Waals surface area contributed by atoms with Crippen molar-refractivity contribution in [3.63, 3.8) is 0 Å². The third-order valence-electron chi connectivity index (χ3n) is 1.60. The Morgan fingerprint density at radius 1 is 1.73 bits per heavy atom. The number of thiophene rings is 1. The summed E-state index contributed by atoms with van der Waals surface area (Å²) in [6.45, 7) is 1.76. The van der Waals surface area contributed by atoms with E-state index in [1.165, 1.54) is 12.1 Å². The summed E-state index contributed by atoms with van der Waals surface area (Å²) in [5.41, 5.74) is 0. The number of carbonyl (C=O) groups excluding carboxylic acids is 1. The first kappa shape index (κ1) is 11.9. The van der Waals surface area contributed by atoms with Crippen LogP contribution in [0, 0.1) is 10.1 Å². The molecule has 15 heavy (non-hydrogen) atoms. The zero-order chi connectivity index (χ0) is 11.4. The van der Waals surface area contributed by atoms with E-state index in [0.29, 0.717) is 10.8 Å². The minimum atomic E-state index is -0.521. The summed E-state index contributed by atoms with van der Waals surface area (Å²) < 4.78 is 0. The molecule has 0 radical (unpaired) electrons. The predicted octanol–water partition coefficient (Wildman–Crippen LogP) is 2.01. The van der Waals surface area contributed by atoms with Crippen molar-refractivity contribution in [3.05, 3.63) is 27.1 Å². The van der Waals surface area contributed by atoms with Gasteiger partial charge in [-0.25, -0.2) is 0 Å². The number of alkyl halides is 1. The fraction of sp³-hybridized carbons (Fsp3) is 0.375. The van der Waals surface area contributed by atoms with Crippen LogP contribution in [-0.2, 0) is 0 Å². The summed E-state index contributed by atoms with van der Waals surface area (Å²) in [4.78, 5) is 21.6. The Hall–Kier alpha value is -1.14. The van der Waals surface area contributed by atoms with E-state index in [9.17, 15) is 14.9 Å². The molecule has 0 spiro atoms. The number of nitro groups is 1. The smallest absolute Gasteiger partial charge is 0.324 e. The molecule has 1 atom stereocenters. The molecule has 1 aromatic heterocycles. The summed E-state index contributed by atoms with van der Waals surface area (Å²) in [6, 6.07) is 2.59. The number of rotatable bonds is 4. The van der Waals surface area contributed by atoms with Gasteiger partial charge < -0.3 is 5.32 Å². The topological polar surface area (TPSA) is 72.2 Å². The highest BCUT2D eigenvalue weighted by Gasteiger charge is 2.16. The van der Waals surface area contributed by atoms with Crippen LogP contribution >= 0.6 is 22.9 Å². The van der Waals surface area contributed by atoms with Crippen LogP contribution in [0.4, 0.5) is 5.00 Å². The van der Waals surface area contributed by atoms with Gasteiger partial charge in [0.25, 0.3) is 5.91 Å². The van der Waals surface area contributed by atoms with Gasteiger partial charge in [0.1, 0.15) is 0 Å². The highest BCUT2D eigenvalue weighted by Crippen LogP contribution is 2.23. The molecular weight excluding hydrogens is 240 g/mol. The van der Waals surface area contributed by atoms with Crippen LogP contribution in [0.2, 0.25) is 0 Å². The Morgan fingerprint density at radius 2 is 2.40 bits per heavy atom. The Balaban J connectivity index is 2.70. The minimum absolute atomic E-state index is 0.0429. The second kappa shape index (κ2) is 5.09. The van der Waals surface area contributed by atoms with Gasteiger partial charge in [0.15, 0.2) is 0 Å². The molecule has 0 bridgehead atoms. The first-order valence-electron chi connectivity index (χ1n) is 4.15. The standard InChI is InChI=1S/C8H9ClN2O3S/c1-5(4-9)10-8(12)6-2-3-7(15-6)11(13)14/h2-3,5H,4H2,1H3,(H,10,12). The summed E-state index contributed by atoms with van der Waals surface area (Å²) in [5.74, 6) is -0.0274. The number of nitrogens with one attached hydrogen (secondary N) is 1. The van der Waals surface area contributed by atoms with Gasteiger partial charge in [-0.1, -0.05) is 11.3 Å². The Kier molecular flexibility index (Phi) is 4.05. The minimum Gasteiger partial charge on any atom is -0.348 e. The van der Waals surface area contributed by atoms with E-state index in [1.807, 2.05) is 0 Å². The molecule has 0 saturated carbocycles. The SMILES string of the molecule is CC(CCl)NC(=O)c1ccc([N+](=O)[O-])s1. The van der Waals surface area contributed by atoms with Crippen LogP contribution in [0.15, 0.2) is 12.1 Å². The lowest BCUT2D eigenvalue weighted by atomic mass is 10.3. The molecule has 1 heterocycles. The maximum Gasteiger partial charge on any atom is 0.324 e. The van der Waals surface area contributed by atoms with Gasteiger partial charge in [0, 0.05) is 18.0 Å². The van der Waals surface area contributed by atoms with E-state index in [4.69, 9.17) is 11.6 Å². The van der Waals surface area contributed by atoms with E-state index in [1.54, 1.807) is 6.92 Å². The van der Waals surface area contributed by atoms with E-state index in [-0.39, 0.29) is 17.0 Å². The van der Waals surface area contributed by atoms with Crippen molar-refractivity contribution in [2.24, 2.45) is 0 Å². The monoisotopic (exact) mass is 248 g/mol. The van der Waals surface area contributed by atoms with Crippen LogP contribution in [0.25, 0.3) is 0 Å². The largest absolute Gasteiger partial charge is 0.348 e. The van der Waals surface area contributed by atoms with Gasteiger partial charge in [0.05, 0.1) is 9.80 Å². The van der Waals surface area contributed by atoms with E-state index in [0.717, 1.165) is 11.3 Å². The highest BCUT2D eigenvalue weighted by atomic mass is 35.5. The normalized spacial score (nSPS) is 12.1. The van der Waals surface area contributed by atoms with Gasteiger partial charge >= 0.3 is 5.00 Å². The van der Waals surface area contributed by atoms with E-state index >= 15 is 0 Å². The van der Waals surface area contributed by atoms with E-state index < -0.39 is 4.92 Å². The average molecular weight is 249 g/mol. The number of hydrogen-bond donors (Lipinski definition) is 1. The molecule has 82 valence electrons. The second-order valence-corrected chi connectivity index (χ2v) is 4.29. The lowest BCUT2D eigenvalue weighted by Crippen LogP contribution is -2.33. The molecule has 1 unspecified atom stereocenters. The van der Waals surface area contributed by atoms with Crippen LogP contribution in [-0.4, -0.2) is 22.8 Å². The molecule has 1 aromatic rings. The molecule has 0 aliphatic carbocycles. The molecule has 0 aliphatic heterocycles. The summed E-state index contributed by atoms with van der Waals surface area (Å²) >= 11 is 6.37. The fourth-order valence-corrected chi connectivity index (χ4v) is 1.68. The number of carbonyl (C=O) groups is 1. The van der Waals surface area contributed by atoms with Crippen LogP contribution in [0.5, 0.6) is 0 Å². The first-order chi connectivity index (χ1) is 7.04. The first-order valence-corrected chi connectivity index (χ1v) is 5.50. The molecule has 0 aromatic carbocycles. The molecule has 0 aliphatic rings. The molecule has 1 amide bonds. The van der Waals surface area contributed by atoms with Gasteiger partial charge in [0.2, 0.25) is 0 Å². The summed E-state index contributed by atoms with van der Waals surface area (Å²) in [7, 11) is 0. The average Bonchev–Trinajstić information content (AvgIpc) is 2.66. The molecule has 0 saturated heterocycles. The lowest BCUT2D eigenvalue weighted by molar-refractivity contribution is -0.380. The Labute approximate surface area is 95.2 Å². The molecule has 5 nitrogen and oxygen atoms in total. The van der Waals surface area contributed by atoms with E-state index in [2.05, 4.69) is 5.32 Å². The molecule has 1 N–H and O–H groups in total. The van der Waals surface area contributed by atoms with Crippen molar-refractivity contribution in [1.82, 2.24) is 5.32 Å². The quantitative estimate of drug-likeness (QED) is 0.503. The van der Waals surface area contributed by atoms with Crippen molar-refractivity contribution < 1.29 is 9.72 Å². The summed E-state index contributed by atoms with van der Waals surface area (Å²) in [6.07, 6.45) is 0. The molecule has 7 heteroatoms. The molecule has 1 rings (SSSR count). The van der Waals surface area contributed by atoms with Gasteiger partial charge in [-0.2, -0.15) is 0 Å². The van der Waals surface area contributed by atoms with Crippen LogP contribution < -0.4 is 5.32 Å². The third kappa shape index (κ3) is 3.17. The number of hydrogen-bond acceptors (Lipinski definition) is 4. The van der Waals surface area contributed by atoms with Gasteiger partial charge in [-0.15, -0.1) is 11.6 Å². The van der Waals surface area contributed by atoms with Crippen molar-refractivity contribution in [2.45, 2.75) is 13.0 Å². The Morgan fingerprint density at radius 3 is 2.87 bits per heavy atom. The number of nitrogens with zero attached hydrogens (tertiary/aromatic N) is 1. The van der Waals surface area contributed by atoms with Crippen molar-refractivity contribution in [3.8, 4) is 0 Å². The van der Waals surface area contributed by atoms with Gasteiger partial charge in [-0.05, 0) is 13.0 Å². The number of amides is 1. The molecular formula is C8H9ClN2O3S. The van der Waals surface area contributed by atoms with Crippen molar-refractivity contribution >= 4 is 33.8 Å². The maximum atomic E-state index is 11.5. The lowest BCUT2D eigenvalue weighted by Gasteiger charge is -2.08. The van der Waals surface area contributed by atoms with Crippen molar-refractivity contribution in [2.75, 3.05) is 5.88 Å². The zero-order valence-corrected chi connectivity index (χ0v) is 9.47. The second-order valence-electron chi connectivity index (χ2n) is 2.92. The van der Waals surface area contributed by atoms with Gasteiger partial charge in [-0.3, -0.25) is 14.9 Å². The van der Waals surface area contributed by atoms with Crippen LogP contribution in [0.3, 0.4) is 0 Å². The van der Waals surface area contributed by atoms with Crippen molar-refractivity contribution in [1.29, 1.82) is 0 Å². The fourth-order valence-electron chi connectivity index (χ4n) is 0.881. The molecule has 0 fully saturated rings. The van der Waals surface area contributed by atoms with Crippen LogP contribution in [0.1, 0.15) is 16.6 Å². The zero-order valence-electron chi connectivity index (χ0n) is 7.90.